The first-order valence-electron chi connectivity index (χ1n) is 6.21. The second-order valence-corrected chi connectivity index (χ2v) is 6.35. The third-order valence-electron chi connectivity index (χ3n) is 2.77. The van der Waals surface area contributed by atoms with E-state index in [1.807, 2.05) is 5.01 Å². The molecule has 1 fully saturated rings. The summed E-state index contributed by atoms with van der Waals surface area (Å²) in [5, 5.41) is 4.37. The molecule has 2 heterocycles. The summed E-state index contributed by atoms with van der Waals surface area (Å²) in [6, 6.07) is 0. The summed E-state index contributed by atoms with van der Waals surface area (Å²) in [5.41, 5.74) is 0.127. The Kier molecular flexibility index (Phi) is 6.47. The van der Waals surface area contributed by atoms with Crippen molar-refractivity contribution in [3.63, 3.8) is 0 Å². The first-order chi connectivity index (χ1) is 10.5. The van der Waals surface area contributed by atoms with Gasteiger partial charge >= 0.3 is 0 Å². The van der Waals surface area contributed by atoms with Crippen LogP contribution in [0.15, 0.2) is 18.6 Å². The fourth-order valence-corrected chi connectivity index (χ4v) is 2.60. The molecule has 1 aliphatic rings. The first kappa shape index (κ1) is 17.5. The summed E-state index contributed by atoms with van der Waals surface area (Å²) in [5.74, 6) is -0.490. The Balaban J connectivity index is 2.33. The third kappa shape index (κ3) is 4.12. The van der Waals surface area contributed by atoms with E-state index >= 15 is 0 Å². The number of carbonyl (C=O) groups excluding carboxylic acids is 1. The monoisotopic (exact) mass is 375 g/mol. The molecule has 118 valence electrons. The Hall–Kier alpha value is -0.850. The van der Waals surface area contributed by atoms with Crippen molar-refractivity contribution in [2.45, 2.75) is 0 Å². The van der Waals surface area contributed by atoms with E-state index in [2.05, 4.69) is 35.2 Å². The number of hydrazine groups is 2. The lowest BCUT2D eigenvalue weighted by Crippen LogP contribution is -2.60. The van der Waals surface area contributed by atoms with E-state index in [-0.39, 0.29) is 14.3 Å². The lowest BCUT2D eigenvalue weighted by atomic mass is 10.4. The van der Waals surface area contributed by atoms with Crippen molar-refractivity contribution in [2.75, 3.05) is 26.3 Å². The molecule has 7 nitrogen and oxygen atoms in total. The molecule has 0 aromatic carbocycles. The van der Waals surface area contributed by atoms with Crippen molar-refractivity contribution in [1.82, 2.24) is 25.1 Å². The predicted molar refractivity (Wildman–Crippen MR) is 95.6 cm³/mol. The van der Waals surface area contributed by atoms with Crippen molar-refractivity contribution in [1.29, 1.82) is 0 Å². The molecule has 0 unspecified atom stereocenters. The van der Waals surface area contributed by atoms with Gasteiger partial charge in [-0.1, -0.05) is 12.2 Å². The molecule has 1 saturated heterocycles. The van der Waals surface area contributed by atoms with Crippen molar-refractivity contribution >= 4 is 64.2 Å². The maximum atomic E-state index is 12.7. The SMILES string of the molecule is O=C(c1cnccn1)N(C(=S)S)N(C(=S)S)N1CCOCC1. The average Bonchev–Trinajstić information content (AvgIpc) is 2.52. The molecule has 0 bridgehead atoms. The molecule has 0 radical (unpaired) electrons. The van der Waals surface area contributed by atoms with Gasteiger partial charge in [0.15, 0.2) is 8.64 Å². The van der Waals surface area contributed by atoms with Gasteiger partial charge in [-0.25, -0.2) is 4.98 Å². The molecule has 11 heteroatoms. The van der Waals surface area contributed by atoms with Crippen LogP contribution in [0, 0.1) is 0 Å². The van der Waals surface area contributed by atoms with Gasteiger partial charge in [0.25, 0.3) is 5.91 Å². The van der Waals surface area contributed by atoms with Crippen LogP contribution >= 0.6 is 49.7 Å². The van der Waals surface area contributed by atoms with Crippen molar-refractivity contribution in [2.24, 2.45) is 0 Å². The standard InChI is InChI=1S/C11H13N5O2S4/c17-9(8-7-12-1-2-13-8)15(10(19)20)16(11(21)22)14-3-5-18-6-4-14/h1-2,7H,3-6H2,(H,19,20)(H,21,22). The normalized spacial score (nSPS) is 15.2. The number of hydrogen-bond donors (Lipinski definition) is 2. The highest BCUT2D eigenvalue weighted by atomic mass is 32.1. The quantitative estimate of drug-likeness (QED) is 0.447. The second kappa shape index (κ2) is 8.13. The van der Waals surface area contributed by atoms with Gasteiger partial charge in [0, 0.05) is 25.5 Å². The predicted octanol–water partition coefficient (Wildman–Crippen LogP) is 0.812. The van der Waals surface area contributed by atoms with Crippen LogP contribution in [0.3, 0.4) is 0 Å². The minimum absolute atomic E-state index is 0.0264. The topological polar surface area (TPSA) is 61.8 Å². The molecular weight excluding hydrogens is 362 g/mol. The van der Waals surface area contributed by atoms with Gasteiger partial charge in [0.2, 0.25) is 0 Å². The maximum absolute atomic E-state index is 12.7. The zero-order valence-corrected chi connectivity index (χ0v) is 14.7. The smallest absolute Gasteiger partial charge is 0.299 e. The third-order valence-corrected chi connectivity index (χ3v) is 3.48. The first-order valence-corrected chi connectivity index (χ1v) is 7.92. The van der Waals surface area contributed by atoms with Crippen LogP contribution in [-0.2, 0) is 4.74 Å². The molecule has 1 aromatic rings. The number of aromatic nitrogens is 2. The van der Waals surface area contributed by atoms with E-state index in [9.17, 15) is 4.79 Å². The van der Waals surface area contributed by atoms with E-state index in [0.29, 0.717) is 26.3 Å². The summed E-state index contributed by atoms with van der Waals surface area (Å²) < 4.78 is 5.49. The fourth-order valence-electron chi connectivity index (χ4n) is 1.85. The van der Waals surface area contributed by atoms with E-state index in [4.69, 9.17) is 29.2 Å². The molecule has 1 aliphatic heterocycles. The van der Waals surface area contributed by atoms with Crippen LogP contribution in [-0.4, -0.2) is 66.0 Å². The van der Waals surface area contributed by atoms with Gasteiger partial charge in [0.1, 0.15) is 5.69 Å². The van der Waals surface area contributed by atoms with Crippen molar-refractivity contribution in [3.05, 3.63) is 24.3 Å². The molecule has 0 saturated carbocycles. The Labute approximate surface area is 149 Å². The fraction of sp³-hybridized carbons (Fsp3) is 0.364. The molecule has 0 N–H and O–H groups in total. The molecule has 2 rings (SSSR count). The Morgan fingerprint density at radius 2 is 1.91 bits per heavy atom. The molecule has 0 atom stereocenters. The minimum Gasteiger partial charge on any atom is -0.379 e. The molecule has 0 spiro atoms. The second-order valence-electron chi connectivity index (χ2n) is 4.13. The number of ether oxygens (including phenoxy) is 1. The minimum atomic E-state index is -0.490. The Morgan fingerprint density at radius 3 is 2.41 bits per heavy atom. The van der Waals surface area contributed by atoms with Gasteiger partial charge in [-0.3, -0.25) is 9.78 Å². The zero-order chi connectivity index (χ0) is 16.1. The summed E-state index contributed by atoms with van der Waals surface area (Å²) in [4.78, 5) is 20.5. The number of thiocarbonyl (C=S) groups is 2. The number of rotatable bonds is 2. The molecule has 1 aromatic heterocycles. The van der Waals surface area contributed by atoms with Gasteiger partial charge in [-0.2, -0.15) is 15.1 Å². The number of amides is 1. The van der Waals surface area contributed by atoms with Crippen molar-refractivity contribution < 1.29 is 9.53 Å². The summed E-state index contributed by atoms with van der Waals surface area (Å²) in [7, 11) is 0. The van der Waals surface area contributed by atoms with E-state index in [0.717, 1.165) is 5.01 Å². The molecular formula is C11H13N5O2S4. The molecule has 1 amide bonds. The van der Waals surface area contributed by atoms with E-state index in [1.165, 1.54) is 23.7 Å². The zero-order valence-electron chi connectivity index (χ0n) is 11.3. The van der Waals surface area contributed by atoms with E-state index < -0.39 is 5.91 Å². The largest absolute Gasteiger partial charge is 0.379 e. The average molecular weight is 376 g/mol. The van der Waals surface area contributed by atoms with Crippen LogP contribution < -0.4 is 0 Å². The number of hydrogen-bond acceptors (Lipinski definition) is 7. The number of carbonyl (C=O) groups is 1. The van der Waals surface area contributed by atoms with E-state index in [1.54, 1.807) is 0 Å². The summed E-state index contributed by atoms with van der Waals surface area (Å²) in [6.45, 7) is 2.11. The number of thiol groups is 2. The van der Waals surface area contributed by atoms with Crippen LogP contribution in [0.5, 0.6) is 0 Å². The summed E-state index contributed by atoms with van der Waals surface area (Å²) >= 11 is 18.6. The number of morpholine rings is 1. The lowest BCUT2D eigenvalue weighted by molar-refractivity contribution is -0.107. The van der Waals surface area contributed by atoms with Gasteiger partial charge in [-0.05, 0) is 12.2 Å². The highest BCUT2D eigenvalue weighted by Gasteiger charge is 2.32. The van der Waals surface area contributed by atoms with Crippen molar-refractivity contribution in [3.8, 4) is 0 Å². The highest BCUT2D eigenvalue weighted by Crippen LogP contribution is 2.16. The van der Waals surface area contributed by atoms with Gasteiger partial charge < -0.3 is 4.74 Å². The number of nitrogens with zero attached hydrogens (tertiary/aromatic N) is 5. The van der Waals surface area contributed by atoms with Crippen LogP contribution in [0.25, 0.3) is 0 Å². The maximum Gasteiger partial charge on any atom is 0.299 e. The van der Waals surface area contributed by atoms with Crippen LogP contribution in [0.4, 0.5) is 0 Å². The highest BCUT2D eigenvalue weighted by molar-refractivity contribution is 8.11. The Bertz CT molecular complexity index is 567. The summed E-state index contributed by atoms with van der Waals surface area (Å²) in [6.07, 6.45) is 4.24. The molecule has 22 heavy (non-hydrogen) atoms. The van der Waals surface area contributed by atoms with Crippen LogP contribution in [0.1, 0.15) is 10.5 Å². The van der Waals surface area contributed by atoms with Gasteiger partial charge in [-0.15, -0.1) is 25.3 Å². The Morgan fingerprint density at radius 1 is 1.23 bits per heavy atom. The molecule has 0 aliphatic carbocycles. The van der Waals surface area contributed by atoms with Gasteiger partial charge in [0.05, 0.1) is 19.4 Å². The van der Waals surface area contributed by atoms with Crippen LogP contribution in [0.2, 0.25) is 0 Å². The lowest BCUT2D eigenvalue weighted by Gasteiger charge is -2.42.